The van der Waals surface area contributed by atoms with Crippen molar-refractivity contribution < 1.29 is 13.0 Å². The lowest BCUT2D eigenvalue weighted by Gasteiger charge is -2.05. The van der Waals surface area contributed by atoms with Gasteiger partial charge >= 0.3 is 5.11 Å². The average molecular weight is 332 g/mol. The van der Waals surface area contributed by atoms with E-state index in [1.165, 1.54) is 18.6 Å². The Labute approximate surface area is 131 Å². The van der Waals surface area contributed by atoms with Gasteiger partial charge in [-0.1, -0.05) is 31.0 Å². The summed E-state index contributed by atoms with van der Waals surface area (Å²) in [6.07, 6.45) is 2.32. The summed E-state index contributed by atoms with van der Waals surface area (Å²) < 4.78 is 31.4. The second-order valence-corrected chi connectivity index (χ2v) is 8.44. The predicted octanol–water partition coefficient (Wildman–Crippen LogP) is 1.55. The van der Waals surface area contributed by atoms with Crippen LogP contribution in [0.25, 0.3) is 0 Å². The zero-order chi connectivity index (χ0) is 16.7. The number of benzene rings is 1. The summed E-state index contributed by atoms with van der Waals surface area (Å²) >= 11 is 1.55. The normalized spacial score (nSPS) is 11.4. The summed E-state index contributed by atoms with van der Waals surface area (Å²) in [4.78, 5) is -0.178. The molecule has 0 saturated heterocycles. The van der Waals surface area contributed by atoms with Crippen molar-refractivity contribution in [1.29, 1.82) is 0 Å². The number of hydrogen-bond acceptors (Lipinski definition) is 3. The first kappa shape index (κ1) is 20.1. The Hall–Kier alpha value is -0.860. The Bertz CT molecular complexity index is 560. The number of nitrogens with two attached hydrogens (primary N) is 2. The van der Waals surface area contributed by atoms with Gasteiger partial charge in [0, 0.05) is 6.42 Å². The highest BCUT2D eigenvalue weighted by Crippen LogP contribution is 2.13. The lowest BCUT2D eigenvalue weighted by Crippen LogP contribution is -2.31. The molecule has 0 amide bonds. The number of aryl methyl sites for hydroxylation is 1. The molecule has 0 heterocycles. The van der Waals surface area contributed by atoms with E-state index in [0.717, 1.165) is 12.0 Å². The maximum Gasteiger partial charge on any atom is 0.315 e. The second kappa shape index (κ2) is 8.55. The van der Waals surface area contributed by atoms with Crippen LogP contribution in [0.1, 0.15) is 39.2 Å². The van der Waals surface area contributed by atoms with Crippen LogP contribution in [0.5, 0.6) is 0 Å². The zero-order valence-corrected chi connectivity index (χ0v) is 14.6. The van der Waals surface area contributed by atoms with E-state index in [4.69, 9.17) is 11.5 Å². The molecule has 0 unspecified atom stereocenters. The summed E-state index contributed by atoms with van der Waals surface area (Å²) in [7, 11) is -4.27. The first-order chi connectivity index (χ1) is 9.48. The standard InChI is InChI=1S/C7H17N2S.C7H8O3S/c1-4-5-7(2,3)10-6(8)9;1-6-2-4-7(5-3-6)11(8,9)10/h4-5,8-9H2,1-3H3;2-5H,1H3,(H,8,9,10)/q+1;/p-1. The summed E-state index contributed by atoms with van der Waals surface area (Å²) in [6.45, 7) is 8.29. The molecule has 0 aliphatic carbocycles. The third-order valence-corrected chi connectivity index (χ3v) is 4.40. The summed E-state index contributed by atoms with van der Waals surface area (Å²) in [5, 5.41) is 0.471. The Balaban J connectivity index is 0.000000384. The average Bonchev–Trinajstić information content (AvgIpc) is 2.26. The molecule has 4 N–H and O–H groups in total. The van der Waals surface area contributed by atoms with Crippen molar-refractivity contribution in [3.05, 3.63) is 29.8 Å². The Kier molecular flexibility index (Phi) is 8.20. The summed E-state index contributed by atoms with van der Waals surface area (Å²) in [5.74, 6) is 0. The van der Waals surface area contributed by atoms with Gasteiger partial charge in [-0.3, -0.25) is 0 Å². The molecule has 1 aromatic rings. The van der Waals surface area contributed by atoms with Crippen molar-refractivity contribution in [2.45, 2.75) is 50.2 Å². The molecule has 0 radical (unpaired) electrons. The van der Waals surface area contributed by atoms with Crippen LogP contribution in [0.3, 0.4) is 0 Å². The van der Waals surface area contributed by atoms with Gasteiger partial charge in [0.05, 0.1) is 4.90 Å². The van der Waals surface area contributed by atoms with Crippen molar-refractivity contribution in [1.82, 2.24) is 0 Å². The van der Waals surface area contributed by atoms with Crippen LogP contribution in [0.4, 0.5) is 0 Å². The smallest absolute Gasteiger partial charge is 0.315 e. The molecular weight excluding hydrogens is 308 g/mol. The highest BCUT2D eigenvalue weighted by Gasteiger charge is 2.27. The van der Waals surface area contributed by atoms with Gasteiger partial charge in [-0.05, 0) is 32.9 Å². The molecule has 0 bridgehead atoms. The third-order valence-electron chi connectivity index (χ3n) is 2.56. The van der Waals surface area contributed by atoms with Crippen LogP contribution in [-0.2, 0) is 21.5 Å². The molecule has 0 saturated carbocycles. The predicted molar refractivity (Wildman–Crippen MR) is 88.9 cm³/mol. The van der Waals surface area contributed by atoms with Crippen LogP contribution in [0, 0.1) is 6.92 Å². The first-order valence-electron chi connectivity index (χ1n) is 6.57. The highest BCUT2D eigenvalue weighted by molar-refractivity contribution is 7.85. The van der Waals surface area contributed by atoms with Crippen molar-refractivity contribution in [2.75, 3.05) is 0 Å². The van der Waals surface area contributed by atoms with E-state index in [1.54, 1.807) is 23.5 Å². The van der Waals surface area contributed by atoms with Crippen molar-refractivity contribution in [3.8, 4) is 0 Å². The molecular formula is C14H24N2O3S2. The molecule has 0 aliphatic rings. The minimum atomic E-state index is -4.27. The fourth-order valence-corrected chi connectivity index (χ4v) is 3.09. The van der Waals surface area contributed by atoms with Crippen LogP contribution in [-0.4, -0.2) is 22.8 Å². The van der Waals surface area contributed by atoms with Gasteiger partial charge in [-0.15, -0.1) is 0 Å². The molecule has 120 valence electrons. The van der Waals surface area contributed by atoms with Gasteiger partial charge in [0.2, 0.25) is 11.4 Å². The Morgan fingerprint density at radius 2 is 1.71 bits per heavy atom. The number of rotatable bonds is 4. The van der Waals surface area contributed by atoms with E-state index >= 15 is 0 Å². The monoisotopic (exact) mass is 332 g/mol. The molecule has 0 spiro atoms. The van der Waals surface area contributed by atoms with Gasteiger partial charge in [0.1, 0.15) is 10.1 Å². The molecule has 1 aromatic carbocycles. The number of hydrogen-bond donors (Lipinski definition) is 2. The summed E-state index contributed by atoms with van der Waals surface area (Å²) in [5.41, 5.74) is 11.7. The molecule has 0 fully saturated rings. The quantitative estimate of drug-likeness (QED) is 0.494. The van der Waals surface area contributed by atoms with Gasteiger partial charge in [-0.25, -0.2) is 19.9 Å². The molecule has 0 aromatic heterocycles. The van der Waals surface area contributed by atoms with E-state index in [-0.39, 0.29) is 9.64 Å². The molecule has 21 heavy (non-hydrogen) atoms. The van der Waals surface area contributed by atoms with E-state index < -0.39 is 10.1 Å². The molecule has 0 atom stereocenters. The summed E-state index contributed by atoms with van der Waals surface area (Å²) in [6, 6.07) is 5.78. The van der Waals surface area contributed by atoms with Crippen LogP contribution in [0.2, 0.25) is 0 Å². The third kappa shape index (κ3) is 9.65. The van der Waals surface area contributed by atoms with Crippen LogP contribution in [0.15, 0.2) is 29.2 Å². The molecule has 1 rings (SSSR count). The van der Waals surface area contributed by atoms with E-state index in [1.807, 2.05) is 6.92 Å². The highest BCUT2D eigenvalue weighted by atomic mass is 32.2. The second-order valence-electron chi connectivity index (χ2n) is 5.28. The van der Waals surface area contributed by atoms with Crippen molar-refractivity contribution in [3.63, 3.8) is 0 Å². The fourth-order valence-electron chi connectivity index (χ4n) is 1.68. The lowest BCUT2D eigenvalue weighted by molar-refractivity contribution is 0.463. The largest absolute Gasteiger partial charge is 0.744 e. The minimum Gasteiger partial charge on any atom is -0.744 e. The maximum absolute atomic E-state index is 10.4. The fraction of sp³-hybridized carbons (Fsp3) is 0.500. The topological polar surface area (TPSA) is 109 Å². The van der Waals surface area contributed by atoms with Crippen molar-refractivity contribution in [2.24, 2.45) is 11.5 Å². The zero-order valence-electron chi connectivity index (χ0n) is 12.9. The minimum absolute atomic E-state index is 0.178. The van der Waals surface area contributed by atoms with Gasteiger partial charge in [0.15, 0.2) is 4.75 Å². The van der Waals surface area contributed by atoms with Crippen LogP contribution < -0.4 is 11.5 Å². The Morgan fingerprint density at radius 3 is 2.05 bits per heavy atom. The lowest BCUT2D eigenvalue weighted by atomic mass is 10.1. The van der Waals surface area contributed by atoms with Gasteiger partial charge < -0.3 is 4.55 Å². The van der Waals surface area contributed by atoms with Crippen LogP contribution >= 0.6 is 0 Å². The van der Waals surface area contributed by atoms with E-state index in [2.05, 4.69) is 20.8 Å². The molecule has 5 nitrogen and oxygen atoms in total. The van der Waals surface area contributed by atoms with Crippen molar-refractivity contribution >= 4 is 26.6 Å². The molecule has 0 aliphatic heterocycles. The van der Waals surface area contributed by atoms with Gasteiger partial charge in [-0.2, -0.15) is 0 Å². The maximum atomic E-state index is 10.4. The first-order valence-corrected chi connectivity index (χ1v) is 8.80. The SMILES string of the molecule is CCCC(C)(C)[S+]=C(N)N.Cc1ccc(S(=O)(=O)[O-])cc1. The molecule has 7 heteroatoms. The van der Waals surface area contributed by atoms with E-state index in [9.17, 15) is 13.0 Å². The Morgan fingerprint density at radius 1 is 1.24 bits per heavy atom. The van der Waals surface area contributed by atoms with E-state index in [0.29, 0.717) is 5.11 Å². The van der Waals surface area contributed by atoms with Gasteiger partial charge in [0.25, 0.3) is 0 Å².